The van der Waals surface area contributed by atoms with Gasteiger partial charge in [-0.15, -0.1) is 0 Å². The van der Waals surface area contributed by atoms with Gasteiger partial charge in [-0.2, -0.15) is 0 Å². The molecule has 0 rings (SSSR count). The average Bonchev–Trinajstić information content (AvgIpc) is 2.35. The Morgan fingerprint density at radius 1 is 1.06 bits per heavy atom. The molecule has 1 N–H and O–H groups in total. The van der Waals surface area contributed by atoms with Gasteiger partial charge in [0.05, 0.1) is 18.4 Å². The van der Waals surface area contributed by atoms with Crippen LogP contribution in [0.15, 0.2) is 11.8 Å². The molecule has 0 aliphatic carbocycles. The standard InChI is InChI=1S/C14H26O3/c1-3-4-5-6-7-8-9-10-11-17-14(16)13(2)12-15/h12,15H,3-11H2,1-2H3/b13-12+. The molecule has 0 saturated heterocycles. The van der Waals surface area contributed by atoms with Crippen LogP contribution in [-0.4, -0.2) is 17.7 Å². The van der Waals surface area contributed by atoms with Gasteiger partial charge in [0.25, 0.3) is 0 Å². The third-order valence-corrected chi connectivity index (χ3v) is 2.75. The van der Waals surface area contributed by atoms with Crippen LogP contribution in [-0.2, 0) is 9.53 Å². The van der Waals surface area contributed by atoms with Gasteiger partial charge in [-0.1, -0.05) is 51.9 Å². The van der Waals surface area contributed by atoms with Gasteiger partial charge in [-0.3, -0.25) is 0 Å². The van der Waals surface area contributed by atoms with E-state index in [9.17, 15) is 4.79 Å². The number of carbonyl (C=O) groups is 1. The molecule has 3 heteroatoms. The zero-order valence-electron chi connectivity index (χ0n) is 11.2. The predicted molar refractivity (Wildman–Crippen MR) is 70.0 cm³/mol. The van der Waals surface area contributed by atoms with Gasteiger partial charge >= 0.3 is 5.97 Å². The van der Waals surface area contributed by atoms with Crippen molar-refractivity contribution in [1.82, 2.24) is 0 Å². The number of carbonyl (C=O) groups excluding carboxylic acids is 1. The zero-order valence-corrected chi connectivity index (χ0v) is 11.2. The van der Waals surface area contributed by atoms with Crippen LogP contribution >= 0.6 is 0 Å². The average molecular weight is 242 g/mol. The third kappa shape index (κ3) is 9.91. The van der Waals surface area contributed by atoms with Crippen LogP contribution in [0.2, 0.25) is 0 Å². The first-order valence-electron chi connectivity index (χ1n) is 6.70. The van der Waals surface area contributed by atoms with E-state index in [0.29, 0.717) is 6.61 Å². The summed E-state index contributed by atoms with van der Waals surface area (Å²) in [6, 6.07) is 0. The molecule has 0 spiro atoms. The van der Waals surface area contributed by atoms with Gasteiger partial charge in [0.1, 0.15) is 0 Å². The number of aliphatic hydroxyl groups excluding tert-OH is 1. The minimum absolute atomic E-state index is 0.254. The lowest BCUT2D eigenvalue weighted by atomic mass is 10.1. The number of aliphatic hydroxyl groups is 1. The summed E-state index contributed by atoms with van der Waals surface area (Å²) in [5, 5.41) is 8.59. The van der Waals surface area contributed by atoms with Gasteiger partial charge in [-0.05, 0) is 13.3 Å². The summed E-state index contributed by atoms with van der Waals surface area (Å²) < 4.78 is 4.97. The molecule has 0 heterocycles. The molecular formula is C14H26O3. The summed E-state index contributed by atoms with van der Waals surface area (Å²) >= 11 is 0. The van der Waals surface area contributed by atoms with Gasteiger partial charge in [-0.25, -0.2) is 4.79 Å². The molecule has 0 aliphatic rings. The lowest BCUT2D eigenvalue weighted by molar-refractivity contribution is -0.139. The first kappa shape index (κ1) is 16.0. The van der Waals surface area contributed by atoms with Crippen molar-refractivity contribution in [3.8, 4) is 0 Å². The molecule has 0 amide bonds. The number of hydrogen-bond acceptors (Lipinski definition) is 3. The van der Waals surface area contributed by atoms with Crippen molar-refractivity contribution < 1.29 is 14.6 Å². The highest BCUT2D eigenvalue weighted by Crippen LogP contribution is 2.08. The lowest BCUT2D eigenvalue weighted by Gasteiger charge is -2.04. The van der Waals surface area contributed by atoms with E-state index in [2.05, 4.69) is 6.92 Å². The van der Waals surface area contributed by atoms with E-state index >= 15 is 0 Å². The predicted octanol–water partition coefficient (Wildman–Crippen LogP) is 4.13. The van der Waals surface area contributed by atoms with Crippen molar-refractivity contribution in [2.24, 2.45) is 0 Å². The van der Waals surface area contributed by atoms with Crippen LogP contribution in [0.1, 0.15) is 65.2 Å². The number of hydrogen-bond donors (Lipinski definition) is 1. The van der Waals surface area contributed by atoms with Crippen LogP contribution in [0, 0.1) is 0 Å². The van der Waals surface area contributed by atoms with E-state index < -0.39 is 5.97 Å². The largest absolute Gasteiger partial charge is 0.515 e. The molecule has 17 heavy (non-hydrogen) atoms. The smallest absolute Gasteiger partial charge is 0.336 e. The number of unbranched alkanes of at least 4 members (excludes halogenated alkanes) is 7. The van der Waals surface area contributed by atoms with E-state index in [0.717, 1.165) is 19.1 Å². The van der Waals surface area contributed by atoms with Crippen molar-refractivity contribution in [2.45, 2.75) is 65.2 Å². The van der Waals surface area contributed by atoms with Crippen LogP contribution in [0.4, 0.5) is 0 Å². The lowest BCUT2D eigenvalue weighted by Crippen LogP contribution is -2.07. The van der Waals surface area contributed by atoms with Crippen molar-refractivity contribution in [2.75, 3.05) is 6.61 Å². The van der Waals surface area contributed by atoms with Gasteiger partial charge in [0.2, 0.25) is 0 Å². The molecule has 0 bridgehead atoms. The van der Waals surface area contributed by atoms with E-state index in [1.807, 2.05) is 0 Å². The van der Waals surface area contributed by atoms with E-state index in [1.165, 1.54) is 45.4 Å². The quantitative estimate of drug-likeness (QED) is 0.271. The second-order valence-corrected chi connectivity index (χ2v) is 4.42. The number of esters is 1. The molecule has 0 aromatic carbocycles. The molecule has 0 atom stereocenters. The monoisotopic (exact) mass is 242 g/mol. The fourth-order valence-electron chi connectivity index (χ4n) is 1.57. The van der Waals surface area contributed by atoms with E-state index in [1.54, 1.807) is 0 Å². The molecule has 0 aromatic rings. The Hall–Kier alpha value is -0.990. The Balaban J connectivity index is 3.21. The highest BCUT2D eigenvalue weighted by molar-refractivity contribution is 5.87. The molecule has 100 valence electrons. The Bertz CT molecular complexity index is 222. The summed E-state index contributed by atoms with van der Waals surface area (Å²) in [5.74, 6) is -0.421. The Morgan fingerprint density at radius 3 is 2.12 bits per heavy atom. The topological polar surface area (TPSA) is 46.5 Å². The zero-order chi connectivity index (χ0) is 12.9. The number of rotatable bonds is 10. The van der Waals surface area contributed by atoms with Gasteiger partial charge in [0.15, 0.2) is 0 Å². The number of ether oxygens (including phenoxy) is 1. The molecule has 0 unspecified atom stereocenters. The summed E-state index contributed by atoms with van der Waals surface area (Å²) in [5.41, 5.74) is 0.254. The molecule has 0 radical (unpaired) electrons. The van der Waals surface area contributed by atoms with Crippen molar-refractivity contribution in [3.63, 3.8) is 0 Å². The summed E-state index contributed by atoms with van der Waals surface area (Å²) in [6.07, 6.45) is 10.6. The molecular weight excluding hydrogens is 216 g/mol. The first-order chi connectivity index (χ1) is 8.22. The Labute approximate surface area is 105 Å². The van der Waals surface area contributed by atoms with Gasteiger partial charge in [0, 0.05) is 0 Å². The first-order valence-corrected chi connectivity index (χ1v) is 6.70. The minimum atomic E-state index is -0.421. The molecule has 0 saturated carbocycles. The summed E-state index contributed by atoms with van der Waals surface area (Å²) in [6.45, 7) is 4.21. The van der Waals surface area contributed by atoms with Crippen LogP contribution in [0.3, 0.4) is 0 Å². The van der Waals surface area contributed by atoms with E-state index in [4.69, 9.17) is 9.84 Å². The maximum Gasteiger partial charge on any atom is 0.336 e. The summed E-state index contributed by atoms with van der Waals surface area (Å²) in [4.78, 5) is 11.1. The fourth-order valence-corrected chi connectivity index (χ4v) is 1.57. The van der Waals surface area contributed by atoms with E-state index in [-0.39, 0.29) is 5.57 Å². The maximum absolute atomic E-state index is 11.1. The second-order valence-electron chi connectivity index (χ2n) is 4.42. The third-order valence-electron chi connectivity index (χ3n) is 2.75. The van der Waals surface area contributed by atoms with Crippen LogP contribution in [0.5, 0.6) is 0 Å². The van der Waals surface area contributed by atoms with Crippen molar-refractivity contribution in [3.05, 3.63) is 11.8 Å². The second kappa shape index (κ2) is 11.5. The maximum atomic E-state index is 11.1. The minimum Gasteiger partial charge on any atom is -0.515 e. The van der Waals surface area contributed by atoms with Crippen molar-refractivity contribution in [1.29, 1.82) is 0 Å². The normalized spacial score (nSPS) is 11.5. The Morgan fingerprint density at radius 2 is 1.59 bits per heavy atom. The summed E-state index contributed by atoms with van der Waals surface area (Å²) in [7, 11) is 0. The van der Waals surface area contributed by atoms with Gasteiger partial charge < -0.3 is 9.84 Å². The van der Waals surface area contributed by atoms with Crippen LogP contribution in [0.25, 0.3) is 0 Å². The highest BCUT2D eigenvalue weighted by atomic mass is 16.5. The molecule has 0 fully saturated rings. The molecule has 3 nitrogen and oxygen atoms in total. The van der Waals surface area contributed by atoms with Crippen molar-refractivity contribution >= 4 is 5.97 Å². The Kier molecular flexibility index (Phi) is 10.8. The fraction of sp³-hybridized carbons (Fsp3) is 0.786. The molecule has 0 aromatic heterocycles. The highest BCUT2D eigenvalue weighted by Gasteiger charge is 2.04. The molecule has 0 aliphatic heterocycles. The van der Waals surface area contributed by atoms with Crippen LogP contribution < -0.4 is 0 Å². The SMILES string of the molecule is CCCCCCCCCCOC(=O)/C(C)=C/O.